The molecule has 0 spiro atoms. The summed E-state index contributed by atoms with van der Waals surface area (Å²) >= 11 is 0. The van der Waals surface area contributed by atoms with Gasteiger partial charge in [-0.25, -0.2) is 9.59 Å². The molecule has 0 heterocycles. The summed E-state index contributed by atoms with van der Waals surface area (Å²) in [5.41, 5.74) is 0. The van der Waals surface area contributed by atoms with Crippen molar-refractivity contribution in [2.24, 2.45) is 5.92 Å². The fourth-order valence-electron chi connectivity index (χ4n) is 1.25. The number of ether oxygens (including phenoxy) is 2. The van der Waals surface area contributed by atoms with Crippen LogP contribution in [-0.2, 0) is 19.1 Å². The zero-order valence-electron chi connectivity index (χ0n) is 10.5. The summed E-state index contributed by atoms with van der Waals surface area (Å²) in [7, 11) is 0. The molecule has 0 aliphatic rings. The maximum Gasteiger partial charge on any atom is 0.418 e. The van der Waals surface area contributed by atoms with Gasteiger partial charge in [0.1, 0.15) is 6.10 Å². The van der Waals surface area contributed by atoms with Gasteiger partial charge >= 0.3 is 12.4 Å². The van der Waals surface area contributed by atoms with E-state index in [1.807, 2.05) is 27.7 Å². The molecule has 0 aliphatic heterocycles. The van der Waals surface area contributed by atoms with Gasteiger partial charge in [-0.2, -0.15) is 0 Å². The molecule has 0 aromatic carbocycles. The molecule has 1 radical (unpaired) electrons. The molecule has 0 aromatic rings. The number of rotatable bonds is 8. The van der Waals surface area contributed by atoms with Gasteiger partial charge in [-0.15, -0.1) is 0 Å². The van der Waals surface area contributed by atoms with Crippen molar-refractivity contribution in [3.8, 4) is 0 Å². The van der Waals surface area contributed by atoms with Crippen molar-refractivity contribution < 1.29 is 19.1 Å². The normalized spacial score (nSPS) is 16.0. The molecule has 4 nitrogen and oxygen atoms in total. The average molecular weight is 229 g/mol. The maximum atomic E-state index is 11.6. The van der Waals surface area contributed by atoms with E-state index >= 15 is 0 Å². The van der Waals surface area contributed by atoms with E-state index in [4.69, 9.17) is 4.74 Å². The monoisotopic (exact) mass is 229 g/mol. The third-order valence-electron chi connectivity index (χ3n) is 2.75. The Morgan fingerprint density at radius 2 is 1.94 bits per heavy atom. The second-order valence-corrected chi connectivity index (χ2v) is 4.01. The number of hydrogen-bond acceptors (Lipinski definition) is 4. The highest BCUT2D eigenvalue weighted by Crippen LogP contribution is 2.13. The lowest BCUT2D eigenvalue weighted by Crippen LogP contribution is -2.31. The second-order valence-electron chi connectivity index (χ2n) is 4.01. The molecule has 0 N–H and O–H groups in total. The molecular weight excluding hydrogens is 208 g/mol. The smallest absolute Gasteiger partial charge is 0.418 e. The van der Waals surface area contributed by atoms with Crippen molar-refractivity contribution >= 4 is 12.4 Å². The van der Waals surface area contributed by atoms with Crippen molar-refractivity contribution in [2.45, 2.75) is 59.2 Å². The van der Waals surface area contributed by atoms with Gasteiger partial charge in [0, 0.05) is 0 Å². The third-order valence-corrected chi connectivity index (χ3v) is 2.75. The molecule has 93 valence electrons. The minimum Gasteiger partial charge on any atom is -0.460 e. The minimum atomic E-state index is -0.811. The summed E-state index contributed by atoms with van der Waals surface area (Å²) in [5, 5.41) is 0. The van der Waals surface area contributed by atoms with Crippen molar-refractivity contribution in [1.29, 1.82) is 0 Å². The summed E-state index contributed by atoms with van der Waals surface area (Å²) in [6.07, 6.45) is 1.19. The van der Waals surface area contributed by atoms with Gasteiger partial charge in [0.25, 0.3) is 0 Å². The van der Waals surface area contributed by atoms with Crippen LogP contribution in [-0.4, -0.2) is 24.6 Å². The van der Waals surface area contributed by atoms with Gasteiger partial charge in [-0.3, -0.25) is 0 Å². The maximum absolute atomic E-state index is 11.6. The van der Waals surface area contributed by atoms with Crippen molar-refractivity contribution in [1.82, 2.24) is 0 Å². The summed E-state index contributed by atoms with van der Waals surface area (Å²) in [5.74, 6) is -0.176. The van der Waals surface area contributed by atoms with Gasteiger partial charge in [0.15, 0.2) is 6.10 Å². The topological polar surface area (TPSA) is 52.6 Å². The lowest BCUT2D eigenvalue weighted by molar-refractivity contribution is -0.160. The van der Waals surface area contributed by atoms with Crippen LogP contribution in [0.1, 0.15) is 47.0 Å². The Balaban J connectivity index is 4.22. The van der Waals surface area contributed by atoms with Crippen LogP contribution in [0, 0.1) is 5.92 Å². The van der Waals surface area contributed by atoms with Crippen LogP contribution in [0.25, 0.3) is 0 Å². The summed E-state index contributed by atoms with van der Waals surface area (Å²) in [4.78, 5) is 21.7. The van der Waals surface area contributed by atoms with Gasteiger partial charge < -0.3 is 9.47 Å². The summed E-state index contributed by atoms with van der Waals surface area (Å²) < 4.78 is 9.81. The lowest BCUT2D eigenvalue weighted by atomic mass is 10.0. The molecule has 0 aliphatic carbocycles. The van der Waals surface area contributed by atoms with E-state index in [1.54, 1.807) is 0 Å². The van der Waals surface area contributed by atoms with Crippen LogP contribution >= 0.6 is 0 Å². The van der Waals surface area contributed by atoms with Gasteiger partial charge in [-0.05, 0) is 19.3 Å². The molecule has 16 heavy (non-hydrogen) atoms. The van der Waals surface area contributed by atoms with Crippen LogP contribution in [0.4, 0.5) is 0 Å². The highest BCUT2D eigenvalue weighted by atomic mass is 16.6. The molecule has 0 rings (SSSR count). The highest BCUT2D eigenvalue weighted by Gasteiger charge is 2.24. The van der Waals surface area contributed by atoms with Crippen molar-refractivity contribution in [2.75, 3.05) is 0 Å². The van der Waals surface area contributed by atoms with Crippen LogP contribution in [0.5, 0.6) is 0 Å². The van der Waals surface area contributed by atoms with Gasteiger partial charge in [0.05, 0.1) is 0 Å². The summed E-state index contributed by atoms with van der Waals surface area (Å²) in [6, 6.07) is 0. The largest absolute Gasteiger partial charge is 0.460 e. The predicted molar refractivity (Wildman–Crippen MR) is 60.5 cm³/mol. The SMILES string of the molecule is CCCC(O[C]=O)C(=O)OC(C)C(C)CC. The van der Waals surface area contributed by atoms with Crippen LogP contribution in [0.3, 0.4) is 0 Å². The Hall–Kier alpha value is -1.06. The molecule has 0 saturated carbocycles. The molecule has 3 unspecified atom stereocenters. The number of carbonyl (C=O) groups excluding carboxylic acids is 2. The first-order valence-electron chi connectivity index (χ1n) is 5.80. The first-order valence-corrected chi connectivity index (χ1v) is 5.80. The molecule has 0 bridgehead atoms. The van der Waals surface area contributed by atoms with E-state index in [0.717, 1.165) is 12.8 Å². The fourth-order valence-corrected chi connectivity index (χ4v) is 1.25. The lowest BCUT2D eigenvalue weighted by Gasteiger charge is -2.21. The average Bonchev–Trinajstić information content (AvgIpc) is 2.27. The first-order chi connectivity index (χ1) is 7.56. The second kappa shape index (κ2) is 8.13. The zero-order valence-corrected chi connectivity index (χ0v) is 10.5. The first kappa shape index (κ1) is 14.9. The molecule has 0 amide bonds. The van der Waals surface area contributed by atoms with E-state index in [-0.39, 0.29) is 6.10 Å². The van der Waals surface area contributed by atoms with Crippen molar-refractivity contribution in [3.05, 3.63) is 0 Å². The van der Waals surface area contributed by atoms with E-state index in [2.05, 4.69) is 4.74 Å². The zero-order chi connectivity index (χ0) is 12.6. The minimum absolute atomic E-state index is 0.160. The van der Waals surface area contributed by atoms with Crippen LogP contribution in [0.15, 0.2) is 0 Å². The Bertz CT molecular complexity index is 215. The van der Waals surface area contributed by atoms with Crippen LogP contribution < -0.4 is 0 Å². The third kappa shape index (κ3) is 5.14. The number of esters is 1. The number of carbonyl (C=O) groups is 1. The van der Waals surface area contributed by atoms with Gasteiger partial charge in [-0.1, -0.05) is 33.6 Å². The van der Waals surface area contributed by atoms with E-state index in [9.17, 15) is 9.59 Å². The predicted octanol–water partition coefficient (Wildman–Crippen LogP) is 2.22. The van der Waals surface area contributed by atoms with Crippen LogP contribution in [0.2, 0.25) is 0 Å². The highest BCUT2D eigenvalue weighted by molar-refractivity contribution is 5.76. The Kier molecular flexibility index (Phi) is 7.60. The summed E-state index contributed by atoms with van der Waals surface area (Å²) in [6.45, 7) is 9.10. The molecule has 3 atom stereocenters. The molecule has 0 fully saturated rings. The van der Waals surface area contributed by atoms with E-state index in [0.29, 0.717) is 12.3 Å². The molecular formula is C12H21O4. The molecule has 4 heteroatoms. The fraction of sp³-hybridized carbons (Fsp3) is 0.833. The Morgan fingerprint density at radius 1 is 1.31 bits per heavy atom. The van der Waals surface area contributed by atoms with E-state index in [1.165, 1.54) is 6.47 Å². The van der Waals surface area contributed by atoms with Gasteiger partial charge in [0.2, 0.25) is 0 Å². The Morgan fingerprint density at radius 3 is 2.38 bits per heavy atom. The van der Waals surface area contributed by atoms with Crippen molar-refractivity contribution in [3.63, 3.8) is 0 Å². The molecule has 0 saturated heterocycles. The quantitative estimate of drug-likeness (QED) is 0.599. The number of hydrogen-bond donors (Lipinski definition) is 0. The van der Waals surface area contributed by atoms with E-state index < -0.39 is 12.1 Å². The Labute approximate surface area is 97.3 Å². The molecule has 0 aromatic heterocycles. The standard InChI is InChI=1S/C12H21O4/c1-5-7-11(15-8-13)12(14)16-10(4)9(3)6-2/h9-11H,5-7H2,1-4H3.